The largest absolute Gasteiger partial charge is 0.496 e. The fourth-order valence-electron chi connectivity index (χ4n) is 1.89. The van der Waals surface area contributed by atoms with E-state index in [0.29, 0.717) is 16.9 Å². The molecule has 0 aliphatic carbocycles. The van der Waals surface area contributed by atoms with Crippen molar-refractivity contribution in [1.82, 2.24) is 0 Å². The molecule has 0 saturated carbocycles. The van der Waals surface area contributed by atoms with Crippen molar-refractivity contribution in [3.05, 3.63) is 53.3 Å². The van der Waals surface area contributed by atoms with Gasteiger partial charge in [0, 0.05) is 11.3 Å². The fraction of sp³-hybridized carbons (Fsp3) is 0.133. The summed E-state index contributed by atoms with van der Waals surface area (Å²) in [5.74, 6) is 0.120. The Bertz CT molecular complexity index is 741. The van der Waals surface area contributed by atoms with Crippen LogP contribution >= 0.6 is 0 Å². The molecule has 21 heavy (non-hydrogen) atoms. The number of hydrogen-bond acceptors (Lipinski definition) is 4. The molecule has 0 aliphatic rings. The molecule has 0 fully saturated rings. The highest BCUT2D eigenvalue weighted by Crippen LogP contribution is 2.25. The highest BCUT2D eigenvalue weighted by atomic mass is 32.2. The Balaban J connectivity index is 2.35. The number of anilines is 1. The zero-order valence-corrected chi connectivity index (χ0v) is 12.1. The fourth-order valence-corrected chi connectivity index (χ4v) is 3.12. The number of benzene rings is 2. The molecule has 1 unspecified atom stereocenters. The molecule has 2 aromatic carbocycles. The summed E-state index contributed by atoms with van der Waals surface area (Å²) in [6.45, 7) is 0. The van der Waals surface area contributed by atoms with E-state index in [4.69, 9.17) is 15.7 Å². The second-order valence-corrected chi connectivity index (χ2v) is 5.73. The third-order valence-corrected chi connectivity index (χ3v) is 4.33. The van der Waals surface area contributed by atoms with Gasteiger partial charge in [-0.2, -0.15) is 5.26 Å². The number of ether oxygens (including phenoxy) is 1. The van der Waals surface area contributed by atoms with Gasteiger partial charge in [0.1, 0.15) is 11.6 Å². The molecule has 0 bridgehead atoms. The van der Waals surface area contributed by atoms with E-state index in [9.17, 15) is 8.60 Å². The van der Waals surface area contributed by atoms with E-state index in [1.807, 2.05) is 6.07 Å². The van der Waals surface area contributed by atoms with E-state index in [2.05, 4.69) is 0 Å². The average Bonchev–Trinajstić information content (AvgIpc) is 2.49. The summed E-state index contributed by atoms with van der Waals surface area (Å²) in [5, 5.41) is 8.92. The van der Waals surface area contributed by atoms with Crippen LogP contribution in [0.3, 0.4) is 0 Å². The number of nitrogens with zero attached hydrogens (tertiary/aromatic N) is 1. The van der Waals surface area contributed by atoms with Crippen molar-refractivity contribution in [1.29, 1.82) is 5.26 Å². The highest BCUT2D eigenvalue weighted by Gasteiger charge is 2.13. The number of rotatable bonds is 4. The standard InChI is InChI=1S/C15H13FN2O2S/c1-20-14-5-2-10(8-17)6-11(14)9-21(19)15-7-12(16)3-4-13(15)18/h2-7H,9,18H2,1H3. The van der Waals surface area contributed by atoms with Gasteiger partial charge in [0.05, 0.1) is 40.2 Å². The molecule has 1 atom stereocenters. The maximum absolute atomic E-state index is 13.3. The lowest BCUT2D eigenvalue weighted by Gasteiger charge is -2.10. The van der Waals surface area contributed by atoms with Gasteiger partial charge in [0.25, 0.3) is 0 Å². The van der Waals surface area contributed by atoms with E-state index in [0.717, 1.165) is 6.07 Å². The molecular formula is C15H13FN2O2S. The van der Waals surface area contributed by atoms with Gasteiger partial charge in [-0.15, -0.1) is 0 Å². The molecular weight excluding hydrogens is 291 g/mol. The van der Waals surface area contributed by atoms with E-state index in [1.165, 1.54) is 19.2 Å². The van der Waals surface area contributed by atoms with Gasteiger partial charge >= 0.3 is 0 Å². The zero-order valence-electron chi connectivity index (χ0n) is 11.3. The summed E-state index contributed by atoms with van der Waals surface area (Å²) in [6, 6.07) is 10.6. The van der Waals surface area contributed by atoms with Gasteiger partial charge in [-0.1, -0.05) is 0 Å². The van der Waals surface area contributed by atoms with Crippen molar-refractivity contribution in [2.24, 2.45) is 0 Å². The van der Waals surface area contributed by atoms with Gasteiger partial charge in [-0.3, -0.25) is 4.21 Å². The Morgan fingerprint density at radius 3 is 2.76 bits per heavy atom. The number of nitrogens with two attached hydrogens (primary N) is 1. The van der Waals surface area contributed by atoms with Crippen molar-refractivity contribution in [2.75, 3.05) is 12.8 Å². The van der Waals surface area contributed by atoms with Crippen LogP contribution in [0.4, 0.5) is 10.1 Å². The summed E-state index contributed by atoms with van der Waals surface area (Å²) in [4.78, 5) is 0.236. The maximum atomic E-state index is 13.3. The van der Waals surface area contributed by atoms with Crippen LogP contribution in [0.2, 0.25) is 0 Å². The monoisotopic (exact) mass is 304 g/mol. The Morgan fingerprint density at radius 1 is 1.33 bits per heavy atom. The quantitative estimate of drug-likeness (QED) is 0.881. The Hall–Kier alpha value is -2.39. The molecule has 2 rings (SSSR count). The van der Waals surface area contributed by atoms with E-state index < -0.39 is 16.6 Å². The van der Waals surface area contributed by atoms with Crippen molar-refractivity contribution < 1.29 is 13.3 Å². The molecule has 108 valence electrons. The summed E-state index contributed by atoms with van der Waals surface area (Å²) < 4.78 is 30.8. The first-order chi connectivity index (χ1) is 10.0. The molecule has 0 amide bonds. The topological polar surface area (TPSA) is 76.1 Å². The highest BCUT2D eigenvalue weighted by molar-refractivity contribution is 7.84. The van der Waals surface area contributed by atoms with E-state index >= 15 is 0 Å². The molecule has 2 aromatic rings. The van der Waals surface area contributed by atoms with Gasteiger partial charge < -0.3 is 10.5 Å². The van der Waals surface area contributed by atoms with Crippen LogP contribution in [0.15, 0.2) is 41.3 Å². The molecule has 6 heteroatoms. The first-order valence-corrected chi connectivity index (χ1v) is 7.37. The summed E-state index contributed by atoms with van der Waals surface area (Å²) in [5.41, 5.74) is 7.05. The van der Waals surface area contributed by atoms with Crippen molar-refractivity contribution in [3.8, 4) is 11.8 Å². The van der Waals surface area contributed by atoms with Crippen LogP contribution in [0, 0.1) is 17.1 Å². The van der Waals surface area contributed by atoms with Crippen molar-refractivity contribution >= 4 is 16.5 Å². The Kier molecular flexibility index (Phi) is 4.55. The number of nitrogen functional groups attached to an aromatic ring is 1. The smallest absolute Gasteiger partial charge is 0.124 e. The average molecular weight is 304 g/mol. The molecule has 0 radical (unpaired) electrons. The molecule has 0 saturated heterocycles. The lowest BCUT2D eigenvalue weighted by atomic mass is 10.1. The summed E-state index contributed by atoms with van der Waals surface area (Å²) >= 11 is 0. The predicted octanol–water partition coefficient (Wildman–Crippen LogP) is 2.60. The van der Waals surface area contributed by atoms with E-state index in [1.54, 1.807) is 18.2 Å². The van der Waals surface area contributed by atoms with Gasteiger partial charge in [0.15, 0.2) is 0 Å². The Labute approximate surface area is 124 Å². The van der Waals surface area contributed by atoms with Crippen LogP contribution in [0.25, 0.3) is 0 Å². The normalized spacial score (nSPS) is 11.7. The van der Waals surface area contributed by atoms with E-state index in [-0.39, 0.29) is 16.3 Å². The Morgan fingerprint density at radius 2 is 2.10 bits per heavy atom. The number of nitriles is 1. The third-order valence-electron chi connectivity index (χ3n) is 2.92. The van der Waals surface area contributed by atoms with Gasteiger partial charge in [-0.05, 0) is 36.4 Å². The zero-order chi connectivity index (χ0) is 15.4. The lowest BCUT2D eigenvalue weighted by Crippen LogP contribution is -2.03. The molecule has 2 N–H and O–H groups in total. The molecule has 0 heterocycles. The maximum Gasteiger partial charge on any atom is 0.124 e. The number of methoxy groups -OCH3 is 1. The van der Waals surface area contributed by atoms with Gasteiger partial charge in [-0.25, -0.2) is 4.39 Å². The molecule has 0 aliphatic heterocycles. The lowest BCUT2D eigenvalue weighted by molar-refractivity contribution is 0.411. The second-order valence-electron chi connectivity index (χ2n) is 4.31. The summed E-state index contributed by atoms with van der Waals surface area (Å²) in [6.07, 6.45) is 0. The SMILES string of the molecule is COc1ccc(C#N)cc1CS(=O)c1cc(F)ccc1N. The van der Waals surface area contributed by atoms with Crippen molar-refractivity contribution in [3.63, 3.8) is 0 Å². The number of hydrogen-bond donors (Lipinski definition) is 1. The van der Waals surface area contributed by atoms with Crippen molar-refractivity contribution in [2.45, 2.75) is 10.6 Å². The van der Waals surface area contributed by atoms with Crippen LogP contribution in [-0.4, -0.2) is 11.3 Å². The third kappa shape index (κ3) is 3.38. The minimum absolute atomic E-state index is 0.0896. The predicted molar refractivity (Wildman–Crippen MR) is 78.6 cm³/mol. The van der Waals surface area contributed by atoms with Crippen LogP contribution < -0.4 is 10.5 Å². The van der Waals surface area contributed by atoms with Crippen LogP contribution in [0.1, 0.15) is 11.1 Å². The minimum atomic E-state index is -1.53. The van der Waals surface area contributed by atoms with Crippen LogP contribution in [0.5, 0.6) is 5.75 Å². The first kappa shape index (κ1) is 15.0. The first-order valence-electron chi connectivity index (χ1n) is 6.05. The second kappa shape index (κ2) is 6.37. The summed E-state index contributed by atoms with van der Waals surface area (Å²) in [7, 11) is -0.0424. The molecule has 0 spiro atoms. The molecule has 4 nitrogen and oxygen atoms in total. The number of halogens is 1. The molecule has 0 aromatic heterocycles. The van der Waals surface area contributed by atoms with Gasteiger partial charge in [0.2, 0.25) is 0 Å². The minimum Gasteiger partial charge on any atom is -0.496 e. The van der Waals surface area contributed by atoms with Crippen LogP contribution in [-0.2, 0) is 16.6 Å².